The zero-order valence-corrected chi connectivity index (χ0v) is 9.86. The number of hydrogen-bond donors (Lipinski definition) is 1. The van der Waals surface area contributed by atoms with Crippen LogP contribution >= 0.6 is 0 Å². The number of nitro groups is 1. The molecule has 2 heterocycles. The van der Waals surface area contributed by atoms with Crippen LogP contribution in [0.5, 0.6) is 0 Å². The molecule has 2 rings (SSSR count). The lowest BCUT2D eigenvalue weighted by Crippen LogP contribution is -2.03. The predicted octanol–water partition coefficient (Wildman–Crippen LogP) is 1.36. The molecule has 0 saturated carbocycles. The van der Waals surface area contributed by atoms with Crippen LogP contribution in [0.25, 0.3) is 11.3 Å². The molecule has 0 radical (unpaired) electrons. The highest BCUT2D eigenvalue weighted by atomic mass is 16.6. The van der Waals surface area contributed by atoms with Gasteiger partial charge < -0.3 is 5.32 Å². The number of rotatable bonds is 3. The van der Waals surface area contributed by atoms with Gasteiger partial charge in [0, 0.05) is 25.0 Å². The monoisotopic (exact) mass is 256 g/mol. The molecule has 0 aliphatic rings. The number of aromatic nitrogens is 3. The molecule has 8 nitrogen and oxygen atoms in total. The second-order valence-electron chi connectivity index (χ2n) is 3.50. The van der Waals surface area contributed by atoms with Crippen molar-refractivity contribution in [3.63, 3.8) is 0 Å². The first kappa shape index (κ1) is 12.4. The predicted molar refractivity (Wildman–Crippen MR) is 66.2 cm³/mol. The molecule has 0 amide bonds. The van der Waals surface area contributed by atoms with Gasteiger partial charge in [-0.15, -0.1) is 0 Å². The molecular weight excluding hydrogens is 248 g/mol. The van der Waals surface area contributed by atoms with Gasteiger partial charge in [0.25, 0.3) is 0 Å². The molecule has 0 atom stereocenters. The molecule has 0 aliphatic heterocycles. The molecule has 0 bridgehead atoms. The third-order valence-corrected chi connectivity index (χ3v) is 2.38. The van der Waals surface area contributed by atoms with Crippen molar-refractivity contribution in [3.05, 3.63) is 40.5 Å². The second-order valence-corrected chi connectivity index (χ2v) is 3.50. The molecule has 0 aromatic carbocycles. The summed E-state index contributed by atoms with van der Waals surface area (Å²) in [6, 6.07) is 3.41. The van der Waals surface area contributed by atoms with Gasteiger partial charge >= 0.3 is 5.69 Å². The van der Waals surface area contributed by atoms with Gasteiger partial charge in [0.1, 0.15) is 12.4 Å². The van der Waals surface area contributed by atoms with E-state index in [4.69, 9.17) is 5.26 Å². The Hall–Kier alpha value is -3.08. The number of hydrogen-bond acceptors (Lipinski definition) is 7. The summed E-state index contributed by atoms with van der Waals surface area (Å²) in [6.07, 6.45) is 4.00. The molecular formula is C11H8N6O2. The van der Waals surface area contributed by atoms with E-state index in [9.17, 15) is 10.1 Å². The minimum absolute atomic E-state index is 0.109. The molecule has 2 aromatic heterocycles. The van der Waals surface area contributed by atoms with Gasteiger partial charge in [0.15, 0.2) is 5.69 Å². The summed E-state index contributed by atoms with van der Waals surface area (Å²) >= 11 is 0. The van der Waals surface area contributed by atoms with Gasteiger partial charge in [-0.2, -0.15) is 5.26 Å². The molecule has 19 heavy (non-hydrogen) atoms. The highest BCUT2D eigenvalue weighted by molar-refractivity contribution is 5.76. The van der Waals surface area contributed by atoms with Crippen molar-refractivity contribution in [2.75, 3.05) is 12.4 Å². The van der Waals surface area contributed by atoms with Crippen LogP contribution in [0.15, 0.2) is 24.8 Å². The largest absolute Gasteiger partial charge is 0.367 e. The maximum absolute atomic E-state index is 11.1. The zero-order valence-electron chi connectivity index (χ0n) is 9.86. The number of nitrogens with zero attached hydrogens (tertiary/aromatic N) is 5. The van der Waals surface area contributed by atoms with Crippen molar-refractivity contribution >= 4 is 11.5 Å². The second kappa shape index (κ2) is 5.05. The first-order chi connectivity index (χ1) is 9.17. The highest BCUT2D eigenvalue weighted by Gasteiger charge is 2.23. The van der Waals surface area contributed by atoms with Crippen LogP contribution in [-0.4, -0.2) is 26.9 Å². The van der Waals surface area contributed by atoms with Crippen LogP contribution in [0.4, 0.5) is 11.5 Å². The fourth-order valence-electron chi connectivity index (χ4n) is 1.58. The van der Waals surface area contributed by atoms with E-state index in [1.807, 2.05) is 6.07 Å². The number of nitrogens with one attached hydrogen (secondary N) is 1. The van der Waals surface area contributed by atoms with E-state index < -0.39 is 4.92 Å². The summed E-state index contributed by atoms with van der Waals surface area (Å²) in [4.78, 5) is 22.1. The van der Waals surface area contributed by atoms with Crippen molar-refractivity contribution < 1.29 is 4.92 Å². The molecule has 0 spiro atoms. The Morgan fingerprint density at radius 3 is 2.84 bits per heavy atom. The lowest BCUT2D eigenvalue weighted by atomic mass is 10.1. The van der Waals surface area contributed by atoms with Crippen LogP contribution in [-0.2, 0) is 0 Å². The normalized spacial score (nSPS) is 9.68. The van der Waals surface area contributed by atoms with E-state index in [2.05, 4.69) is 20.3 Å². The van der Waals surface area contributed by atoms with Crippen LogP contribution in [0.3, 0.4) is 0 Å². The fourth-order valence-corrected chi connectivity index (χ4v) is 1.58. The maximum Gasteiger partial charge on any atom is 0.337 e. The molecule has 2 aromatic rings. The molecule has 1 N–H and O–H groups in total. The summed E-state index contributed by atoms with van der Waals surface area (Å²) in [5, 5.41) is 22.6. The SMILES string of the molecule is CNc1ncnc(-c2cncc(C#N)c2)c1[N+](=O)[O-]. The van der Waals surface area contributed by atoms with Crippen molar-refractivity contribution in [3.8, 4) is 17.3 Å². The summed E-state index contributed by atoms with van der Waals surface area (Å²) in [5.41, 5.74) is 0.567. The van der Waals surface area contributed by atoms with E-state index in [-0.39, 0.29) is 17.2 Å². The Balaban J connectivity index is 2.68. The van der Waals surface area contributed by atoms with E-state index in [1.165, 1.54) is 31.8 Å². The number of pyridine rings is 1. The average molecular weight is 256 g/mol. The Kier molecular flexibility index (Phi) is 3.29. The first-order valence-electron chi connectivity index (χ1n) is 5.20. The molecule has 0 aliphatic carbocycles. The van der Waals surface area contributed by atoms with Crippen molar-refractivity contribution in [2.24, 2.45) is 0 Å². The van der Waals surface area contributed by atoms with Gasteiger partial charge in [-0.1, -0.05) is 0 Å². The van der Waals surface area contributed by atoms with Gasteiger partial charge in [-0.05, 0) is 6.07 Å². The van der Waals surface area contributed by atoms with E-state index in [0.717, 1.165) is 0 Å². The fraction of sp³-hybridized carbons (Fsp3) is 0.0909. The summed E-state index contributed by atoms with van der Waals surface area (Å²) in [6.45, 7) is 0. The van der Waals surface area contributed by atoms with Crippen molar-refractivity contribution in [1.29, 1.82) is 5.26 Å². The highest BCUT2D eigenvalue weighted by Crippen LogP contribution is 2.32. The smallest absolute Gasteiger partial charge is 0.337 e. The van der Waals surface area contributed by atoms with Gasteiger partial charge in [-0.3, -0.25) is 15.1 Å². The third kappa shape index (κ3) is 2.30. The molecule has 8 heteroatoms. The molecule has 0 fully saturated rings. The Morgan fingerprint density at radius 1 is 1.42 bits per heavy atom. The minimum Gasteiger partial charge on any atom is -0.367 e. The Bertz CT molecular complexity index is 679. The first-order valence-corrected chi connectivity index (χ1v) is 5.20. The molecule has 94 valence electrons. The number of nitriles is 1. The average Bonchev–Trinajstić information content (AvgIpc) is 2.46. The zero-order chi connectivity index (χ0) is 13.8. The standard InChI is InChI=1S/C11H8N6O2/c1-13-11-10(17(18)19)9(15-6-16-11)8-2-7(3-12)4-14-5-8/h2,4-6H,1H3,(H,13,15,16). The minimum atomic E-state index is -0.569. The summed E-state index contributed by atoms with van der Waals surface area (Å²) < 4.78 is 0. The molecule has 0 unspecified atom stereocenters. The van der Waals surface area contributed by atoms with Crippen LogP contribution in [0, 0.1) is 21.4 Å². The van der Waals surface area contributed by atoms with E-state index in [1.54, 1.807) is 0 Å². The van der Waals surface area contributed by atoms with E-state index in [0.29, 0.717) is 11.1 Å². The summed E-state index contributed by atoms with van der Waals surface area (Å²) in [7, 11) is 1.53. The number of anilines is 1. The lowest BCUT2D eigenvalue weighted by Gasteiger charge is -2.05. The quantitative estimate of drug-likeness (QED) is 0.650. The maximum atomic E-state index is 11.1. The Labute approximate surface area is 107 Å². The van der Waals surface area contributed by atoms with E-state index >= 15 is 0 Å². The van der Waals surface area contributed by atoms with Crippen LogP contribution in [0.1, 0.15) is 5.56 Å². The van der Waals surface area contributed by atoms with Crippen LogP contribution < -0.4 is 5.32 Å². The van der Waals surface area contributed by atoms with Gasteiger partial charge in [-0.25, -0.2) is 9.97 Å². The van der Waals surface area contributed by atoms with Gasteiger partial charge in [0.2, 0.25) is 5.82 Å². The van der Waals surface area contributed by atoms with Crippen molar-refractivity contribution in [1.82, 2.24) is 15.0 Å². The Morgan fingerprint density at radius 2 is 2.21 bits per heavy atom. The topological polar surface area (TPSA) is 118 Å². The van der Waals surface area contributed by atoms with Gasteiger partial charge in [0.05, 0.1) is 10.5 Å². The lowest BCUT2D eigenvalue weighted by molar-refractivity contribution is -0.383. The summed E-state index contributed by atoms with van der Waals surface area (Å²) in [5.74, 6) is 0.109. The van der Waals surface area contributed by atoms with Crippen LogP contribution in [0.2, 0.25) is 0 Å². The van der Waals surface area contributed by atoms with Crippen molar-refractivity contribution in [2.45, 2.75) is 0 Å². The molecule has 0 saturated heterocycles. The third-order valence-electron chi connectivity index (χ3n) is 2.38.